The molecule has 2 atom stereocenters. The third-order valence-electron chi connectivity index (χ3n) is 3.85. The van der Waals surface area contributed by atoms with Crippen molar-refractivity contribution in [2.75, 3.05) is 13.2 Å². The van der Waals surface area contributed by atoms with Crippen LogP contribution in [0, 0.1) is 12.8 Å². The zero-order valence-electron chi connectivity index (χ0n) is 13.1. The molecule has 2 nitrogen and oxygen atoms in total. The minimum absolute atomic E-state index is 0.402. The average molecular weight is 371 g/mol. The molecule has 130 valence electrons. The quantitative estimate of drug-likeness (QED) is 0.499. The summed E-state index contributed by atoms with van der Waals surface area (Å²) < 4.78 is 48.8. The number of alkyl halides is 5. The molecule has 0 bridgehead atoms. The van der Waals surface area contributed by atoms with Gasteiger partial charge in [0.25, 0.3) is 0 Å². The third-order valence-corrected chi connectivity index (χ3v) is 4.82. The Morgan fingerprint density at radius 1 is 1.13 bits per heavy atom. The lowest BCUT2D eigenvalue weighted by Crippen LogP contribution is -2.22. The molecule has 0 N–H and O–H groups in total. The summed E-state index contributed by atoms with van der Waals surface area (Å²) in [7, 11) is 0. The number of halogens is 5. The van der Waals surface area contributed by atoms with E-state index in [1.165, 1.54) is 0 Å². The lowest BCUT2D eigenvalue weighted by molar-refractivity contribution is -0.149. The van der Waals surface area contributed by atoms with Gasteiger partial charge in [-0.25, -0.2) is 0 Å². The molecule has 0 aromatic heterocycles. The minimum atomic E-state index is -4.41. The predicted octanol–water partition coefficient (Wildman–Crippen LogP) is 5.30. The van der Waals surface area contributed by atoms with Crippen LogP contribution >= 0.6 is 23.2 Å². The highest BCUT2D eigenvalue weighted by Gasteiger charge is 2.68. The molecule has 2 rings (SSSR count). The van der Waals surface area contributed by atoms with Crippen molar-refractivity contribution in [3.8, 4) is 0 Å². The van der Waals surface area contributed by atoms with E-state index in [2.05, 4.69) is 0 Å². The summed E-state index contributed by atoms with van der Waals surface area (Å²) >= 11 is 12.6. The van der Waals surface area contributed by atoms with Crippen molar-refractivity contribution < 1.29 is 22.6 Å². The zero-order chi connectivity index (χ0) is 17.4. The van der Waals surface area contributed by atoms with Gasteiger partial charge in [0.2, 0.25) is 0 Å². The van der Waals surface area contributed by atoms with Gasteiger partial charge < -0.3 is 9.47 Å². The Hall–Kier alpha value is -0.490. The molecule has 0 heterocycles. The molecule has 7 heteroatoms. The molecule has 0 radical (unpaired) electrons. The molecule has 1 aliphatic carbocycles. The maximum Gasteiger partial charge on any atom is 0.416 e. The first-order valence-electron chi connectivity index (χ1n) is 7.42. The van der Waals surface area contributed by atoms with Gasteiger partial charge in [0.05, 0.1) is 11.5 Å². The first kappa shape index (κ1) is 18.8. The highest BCUT2D eigenvalue weighted by atomic mass is 35.5. The number of hydrogen-bond donors (Lipinski definition) is 0. The Morgan fingerprint density at radius 3 is 2.17 bits per heavy atom. The summed E-state index contributed by atoms with van der Waals surface area (Å²) in [6, 6.07) is 3.88. The van der Waals surface area contributed by atoms with E-state index < -0.39 is 34.2 Å². The van der Waals surface area contributed by atoms with E-state index in [-0.39, 0.29) is 0 Å². The highest BCUT2D eigenvalue weighted by Crippen LogP contribution is 2.67. The number of benzene rings is 1. The van der Waals surface area contributed by atoms with Crippen LogP contribution < -0.4 is 0 Å². The van der Waals surface area contributed by atoms with Crippen molar-refractivity contribution >= 4 is 23.2 Å². The van der Waals surface area contributed by atoms with E-state index in [0.29, 0.717) is 24.3 Å². The molecule has 0 saturated heterocycles. The van der Waals surface area contributed by atoms with Gasteiger partial charge in [-0.1, -0.05) is 11.6 Å². The second-order valence-corrected chi connectivity index (χ2v) is 7.03. The number of aryl methyl sites for hydroxylation is 1. The second-order valence-electron chi connectivity index (χ2n) is 5.59. The largest absolute Gasteiger partial charge is 0.416 e. The van der Waals surface area contributed by atoms with Crippen molar-refractivity contribution in [2.45, 2.75) is 43.5 Å². The van der Waals surface area contributed by atoms with Gasteiger partial charge >= 0.3 is 6.18 Å². The molecule has 0 spiro atoms. The van der Waals surface area contributed by atoms with Crippen LogP contribution in [0.5, 0.6) is 0 Å². The van der Waals surface area contributed by atoms with Crippen molar-refractivity contribution in [3.63, 3.8) is 0 Å². The maximum atomic E-state index is 13.0. The minimum Gasteiger partial charge on any atom is -0.353 e. The van der Waals surface area contributed by atoms with Crippen LogP contribution in [0.25, 0.3) is 0 Å². The zero-order valence-corrected chi connectivity index (χ0v) is 14.6. The first-order valence-corrected chi connectivity index (χ1v) is 8.18. The van der Waals surface area contributed by atoms with Crippen LogP contribution in [0.4, 0.5) is 13.2 Å². The van der Waals surface area contributed by atoms with Crippen LogP contribution in [0.3, 0.4) is 0 Å². The molecule has 23 heavy (non-hydrogen) atoms. The topological polar surface area (TPSA) is 18.5 Å². The normalized spacial score (nSPS) is 23.3. The Kier molecular flexibility index (Phi) is 5.56. The first-order chi connectivity index (χ1) is 10.6. The van der Waals surface area contributed by atoms with E-state index in [1.807, 2.05) is 13.8 Å². The fourth-order valence-corrected chi connectivity index (χ4v) is 3.71. The summed E-state index contributed by atoms with van der Waals surface area (Å²) in [6.45, 7) is 6.03. The summed E-state index contributed by atoms with van der Waals surface area (Å²) in [5, 5.41) is 0. The number of hydrogen-bond acceptors (Lipinski definition) is 2. The fourth-order valence-electron chi connectivity index (χ4n) is 2.86. The van der Waals surface area contributed by atoms with Crippen LogP contribution in [0.1, 0.15) is 36.5 Å². The van der Waals surface area contributed by atoms with Crippen LogP contribution in [0.2, 0.25) is 0 Å². The Balaban J connectivity index is 2.33. The molecule has 1 aromatic rings. The fraction of sp³-hybridized carbons (Fsp3) is 0.625. The Bertz CT molecular complexity index is 555. The van der Waals surface area contributed by atoms with Gasteiger partial charge in [-0.2, -0.15) is 13.2 Å². The SMILES string of the molecule is CCOC(OCC)[C@@H]1[C@@H](c2cc(C)cc(C(F)(F)F)c2)C1(Cl)Cl. The molecule has 1 aromatic carbocycles. The lowest BCUT2D eigenvalue weighted by Gasteiger charge is -2.17. The molecular formula is C16H19Cl2F3O2. The second kappa shape index (κ2) is 6.79. The summed E-state index contributed by atoms with van der Waals surface area (Å²) in [5.74, 6) is -0.872. The predicted molar refractivity (Wildman–Crippen MR) is 83.9 cm³/mol. The molecule has 1 fully saturated rings. The van der Waals surface area contributed by atoms with Crippen molar-refractivity contribution in [1.29, 1.82) is 0 Å². The third kappa shape index (κ3) is 3.95. The summed E-state index contributed by atoms with van der Waals surface area (Å²) in [4.78, 5) is 0. The highest BCUT2D eigenvalue weighted by molar-refractivity contribution is 6.52. The van der Waals surface area contributed by atoms with Crippen molar-refractivity contribution in [2.24, 2.45) is 5.92 Å². The number of ether oxygens (including phenoxy) is 2. The molecule has 0 unspecified atom stereocenters. The summed E-state index contributed by atoms with van der Waals surface area (Å²) in [5.41, 5.74) is 0.261. The monoisotopic (exact) mass is 370 g/mol. The van der Waals surface area contributed by atoms with Crippen molar-refractivity contribution in [1.82, 2.24) is 0 Å². The van der Waals surface area contributed by atoms with E-state index in [9.17, 15) is 13.2 Å². The van der Waals surface area contributed by atoms with E-state index in [4.69, 9.17) is 32.7 Å². The standard InChI is InChI=1S/C16H19Cl2F3O2/c1-4-22-14(23-5-2)13-12(15(13,17)18)10-6-9(3)7-11(8-10)16(19,20)21/h6-8,12-14H,4-5H2,1-3H3/t12-,13+/m1/s1. The van der Waals surface area contributed by atoms with Gasteiger partial charge in [0, 0.05) is 19.1 Å². The van der Waals surface area contributed by atoms with E-state index in [1.54, 1.807) is 13.0 Å². The molecule has 0 aliphatic heterocycles. The van der Waals surface area contributed by atoms with Gasteiger partial charge in [0.1, 0.15) is 4.33 Å². The molecular weight excluding hydrogens is 352 g/mol. The van der Waals surface area contributed by atoms with Gasteiger partial charge in [-0.05, 0) is 38.5 Å². The maximum absolute atomic E-state index is 13.0. The smallest absolute Gasteiger partial charge is 0.353 e. The van der Waals surface area contributed by atoms with Gasteiger partial charge in [-0.3, -0.25) is 0 Å². The summed E-state index contributed by atoms with van der Waals surface area (Å²) in [6.07, 6.45) is -5.05. The van der Waals surface area contributed by atoms with Crippen LogP contribution in [-0.2, 0) is 15.7 Å². The van der Waals surface area contributed by atoms with Crippen LogP contribution in [-0.4, -0.2) is 23.8 Å². The Morgan fingerprint density at radius 2 is 1.70 bits per heavy atom. The van der Waals surface area contributed by atoms with Crippen LogP contribution in [0.15, 0.2) is 18.2 Å². The molecule has 1 aliphatic rings. The van der Waals surface area contributed by atoms with E-state index >= 15 is 0 Å². The van der Waals surface area contributed by atoms with Gasteiger partial charge in [-0.15, -0.1) is 23.2 Å². The Labute approximate surface area is 143 Å². The van der Waals surface area contributed by atoms with E-state index in [0.717, 1.165) is 12.1 Å². The van der Waals surface area contributed by atoms with Crippen molar-refractivity contribution in [3.05, 3.63) is 34.9 Å². The van der Waals surface area contributed by atoms with Gasteiger partial charge in [0.15, 0.2) is 6.29 Å². The molecule has 1 saturated carbocycles. The molecule has 0 amide bonds. The lowest BCUT2D eigenvalue weighted by atomic mass is 10.0. The average Bonchev–Trinajstić information content (AvgIpc) is 2.99. The number of rotatable bonds is 6.